The molecule has 0 spiro atoms. The van der Waals surface area contributed by atoms with Gasteiger partial charge in [0.1, 0.15) is 5.52 Å². The van der Waals surface area contributed by atoms with Crippen molar-refractivity contribution >= 4 is 35.1 Å². The van der Waals surface area contributed by atoms with Crippen molar-refractivity contribution < 1.29 is 9.90 Å². The Balaban J connectivity index is 1.96. The van der Waals surface area contributed by atoms with Crippen molar-refractivity contribution in [3.63, 3.8) is 0 Å². The molecule has 0 radical (unpaired) electrons. The van der Waals surface area contributed by atoms with Crippen molar-refractivity contribution in [2.24, 2.45) is 0 Å². The van der Waals surface area contributed by atoms with Gasteiger partial charge in [-0.1, -0.05) is 18.2 Å². The Morgan fingerprint density at radius 3 is 2.81 bits per heavy atom. The van der Waals surface area contributed by atoms with Gasteiger partial charge in [0.15, 0.2) is 5.75 Å². The summed E-state index contributed by atoms with van der Waals surface area (Å²) in [5, 5.41) is 13.7. The Labute approximate surface area is 126 Å². The van der Waals surface area contributed by atoms with Crippen LogP contribution in [0.3, 0.4) is 0 Å². The standard InChI is InChI=1S/C16H12N2O2S/c19-15-13(7-6-10-3-2-8-17-14(10)15)16(20)18-11-4-1-5-12(21)9-11/h1-9,19,21H,(H,18,20). The molecule has 3 aromatic rings. The summed E-state index contributed by atoms with van der Waals surface area (Å²) in [5.74, 6) is -0.508. The largest absolute Gasteiger partial charge is 0.505 e. The van der Waals surface area contributed by atoms with Crippen LogP contribution in [-0.2, 0) is 0 Å². The van der Waals surface area contributed by atoms with Crippen LogP contribution in [-0.4, -0.2) is 16.0 Å². The molecule has 0 fully saturated rings. The van der Waals surface area contributed by atoms with E-state index in [1.807, 2.05) is 12.1 Å². The zero-order valence-corrected chi connectivity index (χ0v) is 11.8. The molecule has 104 valence electrons. The second-order valence-corrected chi connectivity index (χ2v) is 5.06. The fourth-order valence-electron chi connectivity index (χ4n) is 2.10. The molecule has 0 atom stereocenters. The van der Waals surface area contributed by atoms with Crippen LogP contribution in [0.25, 0.3) is 10.9 Å². The number of phenols is 1. The highest BCUT2D eigenvalue weighted by Gasteiger charge is 2.14. The number of anilines is 1. The minimum absolute atomic E-state index is 0.118. The summed E-state index contributed by atoms with van der Waals surface area (Å²) in [4.78, 5) is 17.1. The Morgan fingerprint density at radius 2 is 2.00 bits per heavy atom. The first-order valence-electron chi connectivity index (χ1n) is 6.32. The van der Waals surface area contributed by atoms with Crippen LogP contribution in [0, 0.1) is 0 Å². The van der Waals surface area contributed by atoms with Crippen LogP contribution in [0.2, 0.25) is 0 Å². The minimum atomic E-state index is -0.390. The van der Waals surface area contributed by atoms with E-state index in [4.69, 9.17) is 0 Å². The van der Waals surface area contributed by atoms with E-state index in [1.54, 1.807) is 42.6 Å². The van der Waals surface area contributed by atoms with Crippen molar-refractivity contribution in [2.75, 3.05) is 5.32 Å². The molecule has 2 aromatic carbocycles. The topological polar surface area (TPSA) is 62.2 Å². The van der Waals surface area contributed by atoms with Gasteiger partial charge in [0.2, 0.25) is 0 Å². The lowest BCUT2D eigenvalue weighted by molar-refractivity contribution is 0.102. The number of nitrogens with one attached hydrogen (secondary N) is 1. The summed E-state index contributed by atoms with van der Waals surface area (Å²) < 4.78 is 0. The first-order valence-corrected chi connectivity index (χ1v) is 6.77. The molecular weight excluding hydrogens is 284 g/mol. The van der Waals surface area contributed by atoms with Crippen LogP contribution in [0.15, 0.2) is 59.6 Å². The third-order valence-corrected chi connectivity index (χ3v) is 3.37. The van der Waals surface area contributed by atoms with E-state index < -0.39 is 0 Å². The van der Waals surface area contributed by atoms with Gasteiger partial charge in [0, 0.05) is 22.2 Å². The predicted molar refractivity (Wildman–Crippen MR) is 85.1 cm³/mol. The number of nitrogens with zero attached hydrogens (tertiary/aromatic N) is 1. The normalized spacial score (nSPS) is 10.5. The van der Waals surface area contributed by atoms with Crippen LogP contribution < -0.4 is 5.32 Å². The molecule has 5 heteroatoms. The number of aromatic hydroxyl groups is 1. The maximum Gasteiger partial charge on any atom is 0.259 e. The average Bonchev–Trinajstić information content (AvgIpc) is 2.48. The third-order valence-electron chi connectivity index (χ3n) is 3.10. The summed E-state index contributed by atoms with van der Waals surface area (Å²) in [5.41, 5.74) is 1.21. The van der Waals surface area contributed by atoms with Crippen molar-refractivity contribution in [3.05, 3.63) is 60.3 Å². The van der Waals surface area contributed by atoms with Gasteiger partial charge >= 0.3 is 0 Å². The quantitative estimate of drug-likeness (QED) is 0.634. The van der Waals surface area contributed by atoms with E-state index in [-0.39, 0.29) is 17.2 Å². The van der Waals surface area contributed by atoms with Gasteiger partial charge in [0.05, 0.1) is 5.56 Å². The number of hydrogen-bond acceptors (Lipinski definition) is 4. The number of hydrogen-bond donors (Lipinski definition) is 3. The van der Waals surface area contributed by atoms with Gasteiger partial charge in [-0.25, -0.2) is 0 Å². The number of amides is 1. The van der Waals surface area contributed by atoms with E-state index >= 15 is 0 Å². The van der Waals surface area contributed by atoms with Gasteiger partial charge < -0.3 is 10.4 Å². The van der Waals surface area contributed by atoms with E-state index in [0.717, 1.165) is 10.3 Å². The maximum absolute atomic E-state index is 12.3. The number of aromatic nitrogens is 1. The molecule has 2 N–H and O–H groups in total. The number of fused-ring (bicyclic) bond motifs is 1. The monoisotopic (exact) mass is 296 g/mol. The molecule has 0 unspecified atom stereocenters. The molecule has 21 heavy (non-hydrogen) atoms. The molecule has 0 saturated carbocycles. The van der Waals surface area contributed by atoms with Crippen LogP contribution >= 0.6 is 12.6 Å². The lowest BCUT2D eigenvalue weighted by atomic mass is 10.1. The molecule has 0 aliphatic carbocycles. The van der Waals surface area contributed by atoms with Crippen LogP contribution in [0.1, 0.15) is 10.4 Å². The minimum Gasteiger partial charge on any atom is -0.505 e. The average molecular weight is 296 g/mol. The van der Waals surface area contributed by atoms with Crippen molar-refractivity contribution in [1.29, 1.82) is 0 Å². The van der Waals surface area contributed by atoms with Crippen molar-refractivity contribution in [2.45, 2.75) is 4.90 Å². The summed E-state index contributed by atoms with van der Waals surface area (Å²) >= 11 is 4.22. The fourth-order valence-corrected chi connectivity index (χ4v) is 2.32. The second-order valence-electron chi connectivity index (χ2n) is 4.54. The summed E-state index contributed by atoms with van der Waals surface area (Å²) in [6.45, 7) is 0. The molecule has 0 saturated heterocycles. The highest BCUT2D eigenvalue weighted by molar-refractivity contribution is 7.80. The smallest absolute Gasteiger partial charge is 0.259 e. The van der Waals surface area contributed by atoms with Crippen LogP contribution in [0.4, 0.5) is 5.69 Å². The summed E-state index contributed by atoms with van der Waals surface area (Å²) in [6, 6.07) is 14.0. The molecule has 0 bridgehead atoms. The first kappa shape index (κ1) is 13.5. The molecule has 0 aliphatic heterocycles. The molecular formula is C16H12N2O2S. The van der Waals surface area contributed by atoms with Gasteiger partial charge in [0.25, 0.3) is 5.91 Å². The zero-order valence-electron chi connectivity index (χ0n) is 10.9. The third kappa shape index (κ3) is 2.68. The number of rotatable bonds is 2. The number of pyridine rings is 1. The Hall–Kier alpha value is -2.53. The highest BCUT2D eigenvalue weighted by atomic mass is 32.1. The maximum atomic E-state index is 12.3. The fraction of sp³-hybridized carbons (Fsp3) is 0. The number of carbonyl (C=O) groups is 1. The second kappa shape index (κ2) is 5.46. The first-order chi connectivity index (χ1) is 10.1. The van der Waals surface area contributed by atoms with Gasteiger partial charge in [-0.3, -0.25) is 9.78 Å². The van der Waals surface area contributed by atoms with E-state index in [2.05, 4.69) is 22.9 Å². The lowest BCUT2D eigenvalue weighted by Crippen LogP contribution is -2.12. The van der Waals surface area contributed by atoms with Crippen molar-refractivity contribution in [1.82, 2.24) is 4.98 Å². The summed E-state index contributed by atoms with van der Waals surface area (Å²) in [7, 11) is 0. The van der Waals surface area contributed by atoms with Crippen LogP contribution in [0.5, 0.6) is 5.75 Å². The Kier molecular flexibility index (Phi) is 3.50. The lowest BCUT2D eigenvalue weighted by Gasteiger charge is -2.09. The van der Waals surface area contributed by atoms with E-state index in [1.165, 1.54) is 0 Å². The number of benzene rings is 2. The zero-order chi connectivity index (χ0) is 14.8. The van der Waals surface area contributed by atoms with Gasteiger partial charge in [-0.15, -0.1) is 12.6 Å². The van der Waals surface area contributed by atoms with Gasteiger partial charge in [-0.2, -0.15) is 0 Å². The predicted octanol–water partition coefficient (Wildman–Crippen LogP) is 3.48. The Bertz CT molecular complexity index is 833. The SMILES string of the molecule is O=C(Nc1cccc(S)c1)c1ccc2cccnc2c1O. The molecule has 1 aromatic heterocycles. The van der Waals surface area contributed by atoms with E-state index in [9.17, 15) is 9.90 Å². The molecule has 0 aliphatic rings. The number of thiol groups is 1. The molecule has 1 amide bonds. The molecule has 3 rings (SSSR count). The van der Waals surface area contributed by atoms with Gasteiger partial charge in [-0.05, 0) is 30.3 Å². The highest BCUT2D eigenvalue weighted by Crippen LogP contribution is 2.27. The molecule has 1 heterocycles. The number of carbonyl (C=O) groups excluding carboxylic acids is 1. The molecule has 4 nitrogen and oxygen atoms in total. The summed E-state index contributed by atoms with van der Waals surface area (Å²) in [6.07, 6.45) is 1.58. The van der Waals surface area contributed by atoms with Crippen molar-refractivity contribution in [3.8, 4) is 5.75 Å². The number of phenolic OH excluding ortho intramolecular Hbond substituents is 1. The Morgan fingerprint density at radius 1 is 1.14 bits per heavy atom. The van der Waals surface area contributed by atoms with E-state index in [0.29, 0.717) is 11.2 Å².